The van der Waals surface area contributed by atoms with E-state index in [0.29, 0.717) is 12.2 Å². The zero-order chi connectivity index (χ0) is 14.5. The van der Waals surface area contributed by atoms with Crippen molar-refractivity contribution in [3.63, 3.8) is 0 Å². The Morgan fingerprint density at radius 2 is 2.05 bits per heavy atom. The van der Waals surface area contributed by atoms with Gasteiger partial charge in [0.2, 0.25) is 0 Å². The van der Waals surface area contributed by atoms with Crippen molar-refractivity contribution in [3.8, 4) is 5.75 Å². The van der Waals surface area contributed by atoms with Gasteiger partial charge in [-0.05, 0) is 18.2 Å². The number of anilines is 1. The summed E-state index contributed by atoms with van der Waals surface area (Å²) < 4.78 is 5.36. The number of ether oxygens (including phenoxy) is 1. The molecule has 0 fully saturated rings. The highest BCUT2D eigenvalue weighted by Crippen LogP contribution is 2.27. The van der Waals surface area contributed by atoms with Gasteiger partial charge in [-0.3, -0.25) is 10.4 Å². The van der Waals surface area contributed by atoms with Gasteiger partial charge in [-0.25, -0.2) is 0 Å². The molecule has 1 aromatic carbocycles. The molecule has 0 radical (unpaired) electrons. The number of pyridine rings is 1. The van der Waals surface area contributed by atoms with Gasteiger partial charge < -0.3 is 15.4 Å². The summed E-state index contributed by atoms with van der Waals surface area (Å²) in [7, 11) is 3.62. The number of para-hydroxylation sites is 2. The van der Waals surface area contributed by atoms with Gasteiger partial charge in [-0.15, -0.1) is 0 Å². The van der Waals surface area contributed by atoms with E-state index in [9.17, 15) is 0 Å². The van der Waals surface area contributed by atoms with E-state index in [2.05, 4.69) is 4.98 Å². The third-order valence-electron chi connectivity index (χ3n) is 3.05. The minimum Gasteiger partial charge on any atom is -0.495 e. The maximum Gasteiger partial charge on any atom is 0.142 e. The van der Waals surface area contributed by atoms with Gasteiger partial charge in [0.15, 0.2) is 0 Å². The van der Waals surface area contributed by atoms with Crippen molar-refractivity contribution < 1.29 is 4.74 Å². The molecule has 0 bridgehead atoms. The second kappa shape index (κ2) is 6.06. The summed E-state index contributed by atoms with van der Waals surface area (Å²) in [6.07, 6.45) is 1.64. The Hall–Kier alpha value is -2.56. The lowest BCUT2D eigenvalue weighted by molar-refractivity contribution is 0.415. The number of nitrogens with zero attached hydrogens (tertiary/aromatic N) is 2. The van der Waals surface area contributed by atoms with Crippen molar-refractivity contribution in [2.45, 2.75) is 6.54 Å². The molecule has 5 heteroatoms. The summed E-state index contributed by atoms with van der Waals surface area (Å²) in [6, 6.07) is 11.6. The van der Waals surface area contributed by atoms with Crippen molar-refractivity contribution in [2.24, 2.45) is 5.73 Å². The molecular weight excluding hydrogens is 252 g/mol. The van der Waals surface area contributed by atoms with Gasteiger partial charge in [0.1, 0.15) is 17.3 Å². The topological polar surface area (TPSA) is 75.2 Å². The van der Waals surface area contributed by atoms with Crippen molar-refractivity contribution in [2.75, 3.05) is 19.1 Å². The van der Waals surface area contributed by atoms with Crippen molar-refractivity contribution in [3.05, 3.63) is 53.9 Å². The van der Waals surface area contributed by atoms with E-state index in [1.165, 1.54) is 0 Å². The van der Waals surface area contributed by atoms with Crippen LogP contribution in [-0.2, 0) is 6.54 Å². The highest BCUT2D eigenvalue weighted by atomic mass is 16.5. The Balaban J connectivity index is 2.28. The lowest BCUT2D eigenvalue weighted by atomic mass is 10.1. The summed E-state index contributed by atoms with van der Waals surface area (Å²) in [4.78, 5) is 6.20. The largest absolute Gasteiger partial charge is 0.495 e. The number of nitrogens with two attached hydrogens (primary N) is 1. The van der Waals surface area contributed by atoms with Crippen molar-refractivity contribution >= 4 is 11.5 Å². The molecule has 0 saturated carbocycles. The van der Waals surface area contributed by atoms with Crippen LogP contribution in [0.5, 0.6) is 5.75 Å². The van der Waals surface area contributed by atoms with Crippen molar-refractivity contribution in [1.29, 1.82) is 5.41 Å². The Morgan fingerprint density at radius 1 is 1.30 bits per heavy atom. The smallest absolute Gasteiger partial charge is 0.142 e. The van der Waals surface area contributed by atoms with Crippen LogP contribution in [-0.4, -0.2) is 25.0 Å². The first-order chi connectivity index (χ1) is 9.63. The number of hydrogen-bond donors (Lipinski definition) is 2. The number of nitrogen functional groups attached to an aromatic ring is 1. The number of amidine groups is 1. The molecule has 3 N–H and O–H groups in total. The molecule has 0 amide bonds. The highest BCUT2D eigenvalue weighted by molar-refractivity contribution is 5.94. The predicted octanol–water partition coefficient (Wildman–Crippen LogP) is 2.01. The first-order valence-electron chi connectivity index (χ1n) is 6.26. The number of rotatable bonds is 5. The standard InChI is InChI=1S/C15H18N4O/c1-19(12-7-3-4-8-13(12)20-2)10-11-6-5-9-18-14(11)15(16)17/h3-9H,10H2,1-2H3,(H3,16,17). The van der Waals surface area contributed by atoms with Crippen LogP contribution in [0, 0.1) is 5.41 Å². The average molecular weight is 270 g/mol. The number of aromatic nitrogens is 1. The molecule has 0 aliphatic carbocycles. The Labute approximate surface area is 118 Å². The molecule has 0 spiro atoms. The highest BCUT2D eigenvalue weighted by Gasteiger charge is 2.12. The lowest BCUT2D eigenvalue weighted by Gasteiger charge is -2.22. The number of benzene rings is 1. The fraction of sp³-hybridized carbons (Fsp3) is 0.200. The molecule has 1 aromatic heterocycles. The van der Waals surface area contributed by atoms with E-state index in [1.807, 2.05) is 48.3 Å². The number of hydrogen-bond acceptors (Lipinski definition) is 4. The van der Waals surface area contributed by atoms with Gasteiger partial charge in [0, 0.05) is 25.4 Å². The molecule has 0 aliphatic heterocycles. The third kappa shape index (κ3) is 2.88. The summed E-state index contributed by atoms with van der Waals surface area (Å²) in [5.41, 5.74) is 7.98. The second-order valence-electron chi connectivity index (χ2n) is 4.45. The molecule has 2 rings (SSSR count). The minimum atomic E-state index is -0.0194. The number of methoxy groups -OCH3 is 1. The van der Waals surface area contributed by atoms with Crippen LogP contribution in [0.25, 0.3) is 0 Å². The normalized spacial score (nSPS) is 10.1. The third-order valence-corrected chi connectivity index (χ3v) is 3.05. The van der Waals surface area contributed by atoms with Gasteiger partial charge in [0.25, 0.3) is 0 Å². The van der Waals surface area contributed by atoms with Crippen LogP contribution in [0.1, 0.15) is 11.3 Å². The Morgan fingerprint density at radius 3 is 2.75 bits per heavy atom. The summed E-state index contributed by atoms with van der Waals surface area (Å²) in [6.45, 7) is 0.600. The molecular formula is C15H18N4O. The quantitative estimate of drug-likeness (QED) is 0.643. The predicted molar refractivity (Wildman–Crippen MR) is 80.4 cm³/mol. The monoisotopic (exact) mass is 270 g/mol. The van der Waals surface area contributed by atoms with E-state index in [0.717, 1.165) is 17.0 Å². The zero-order valence-electron chi connectivity index (χ0n) is 11.6. The fourth-order valence-electron chi connectivity index (χ4n) is 2.09. The molecule has 1 heterocycles. The number of nitrogens with one attached hydrogen (secondary N) is 1. The van der Waals surface area contributed by atoms with Crippen LogP contribution in [0.3, 0.4) is 0 Å². The van der Waals surface area contributed by atoms with E-state index >= 15 is 0 Å². The first kappa shape index (κ1) is 13.9. The van der Waals surface area contributed by atoms with Gasteiger partial charge >= 0.3 is 0 Å². The van der Waals surface area contributed by atoms with Crippen LogP contribution < -0.4 is 15.4 Å². The maximum absolute atomic E-state index is 7.58. The molecule has 5 nitrogen and oxygen atoms in total. The Bertz CT molecular complexity index is 612. The van der Waals surface area contributed by atoms with Gasteiger partial charge in [-0.2, -0.15) is 0 Å². The maximum atomic E-state index is 7.58. The SMILES string of the molecule is COc1ccccc1N(C)Cc1cccnc1C(=N)N. The Kier molecular flexibility index (Phi) is 4.20. The molecule has 0 aliphatic rings. The van der Waals surface area contributed by atoms with Crippen LogP contribution in [0.4, 0.5) is 5.69 Å². The van der Waals surface area contributed by atoms with E-state index in [4.69, 9.17) is 15.9 Å². The van der Waals surface area contributed by atoms with Crippen LogP contribution in [0.15, 0.2) is 42.6 Å². The van der Waals surface area contributed by atoms with E-state index in [-0.39, 0.29) is 5.84 Å². The van der Waals surface area contributed by atoms with Crippen LogP contribution >= 0.6 is 0 Å². The molecule has 0 unspecified atom stereocenters. The fourth-order valence-corrected chi connectivity index (χ4v) is 2.09. The van der Waals surface area contributed by atoms with Crippen LogP contribution in [0.2, 0.25) is 0 Å². The molecule has 104 valence electrons. The molecule has 0 atom stereocenters. The molecule has 20 heavy (non-hydrogen) atoms. The zero-order valence-corrected chi connectivity index (χ0v) is 11.6. The van der Waals surface area contributed by atoms with E-state index in [1.54, 1.807) is 13.3 Å². The first-order valence-corrected chi connectivity index (χ1v) is 6.26. The van der Waals surface area contributed by atoms with E-state index < -0.39 is 0 Å². The minimum absolute atomic E-state index is 0.0194. The molecule has 0 saturated heterocycles. The summed E-state index contributed by atoms with van der Waals surface area (Å²) in [5.74, 6) is 0.789. The van der Waals surface area contributed by atoms with Gasteiger partial charge in [-0.1, -0.05) is 18.2 Å². The summed E-state index contributed by atoms with van der Waals surface area (Å²) in [5, 5.41) is 7.58. The second-order valence-corrected chi connectivity index (χ2v) is 4.45. The average Bonchev–Trinajstić information content (AvgIpc) is 2.47. The molecule has 2 aromatic rings. The summed E-state index contributed by atoms with van der Waals surface area (Å²) >= 11 is 0. The van der Waals surface area contributed by atoms with Gasteiger partial charge in [0.05, 0.1) is 12.8 Å². The lowest BCUT2D eigenvalue weighted by Crippen LogP contribution is -2.22. The van der Waals surface area contributed by atoms with Crippen molar-refractivity contribution in [1.82, 2.24) is 4.98 Å².